The Bertz CT molecular complexity index is 474. The van der Waals surface area contributed by atoms with E-state index in [1.165, 1.54) is 0 Å². The SMILES string of the molecule is OB(O)c1ccc(CNNc2ccccc2)cc1. The fraction of sp³-hybridized carbons (Fsp3) is 0.0769. The molecule has 4 nitrogen and oxygen atoms in total. The van der Waals surface area contributed by atoms with Crippen molar-refractivity contribution in [1.82, 2.24) is 5.43 Å². The average Bonchev–Trinajstić information content (AvgIpc) is 2.40. The van der Waals surface area contributed by atoms with Gasteiger partial charge in [0, 0.05) is 12.2 Å². The minimum atomic E-state index is -1.41. The second-order valence-corrected chi connectivity index (χ2v) is 3.96. The molecular weight excluding hydrogens is 227 g/mol. The van der Waals surface area contributed by atoms with Gasteiger partial charge in [-0.3, -0.25) is 0 Å². The van der Waals surface area contributed by atoms with Crippen LogP contribution < -0.4 is 16.3 Å². The zero-order valence-electron chi connectivity index (χ0n) is 9.88. The fourth-order valence-corrected chi connectivity index (χ4v) is 1.58. The summed E-state index contributed by atoms with van der Waals surface area (Å²) in [5, 5.41) is 17.9. The van der Waals surface area contributed by atoms with E-state index < -0.39 is 7.12 Å². The van der Waals surface area contributed by atoms with E-state index in [1.807, 2.05) is 42.5 Å². The maximum absolute atomic E-state index is 8.97. The molecule has 2 rings (SSSR count). The van der Waals surface area contributed by atoms with Crippen LogP contribution in [0.3, 0.4) is 0 Å². The van der Waals surface area contributed by atoms with Crippen LogP contribution in [-0.4, -0.2) is 17.2 Å². The lowest BCUT2D eigenvalue weighted by atomic mass is 9.80. The molecule has 92 valence electrons. The van der Waals surface area contributed by atoms with E-state index >= 15 is 0 Å². The summed E-state index contributed by atoms with van der Waals surface area (Å²) in [6, 6.07) is 16.9. The summed E-state index contributed by atoms with van der Waals surface area (Å²) in [6.07, 6.45) is 0. The van der Waals surface area contributed by atoms with Crippen molar-refractivity contribution in [3.8, 4) is 0 Å². The first-order chi connectivity index (χ1) is 8.75. The van der Waals surface area contributed by atoms with Crippen LogP contribution in [-0.2, 0) is 6.54 Å². The van der Waals surface area contributed by atoms with Gasteiger partial charge in [0.1, 0.15) is 0 Å². The average molecular weight is 242 g/mol. The van der Waals surface area contributed by atoms with Crippen molar-refractivity contribution >= 4 is 18.3 Å². The van der Waals surface area contributed by atoms with Gasteiger partial charge in [0.15, 0.2) is 0 Å². The summed E-state index contributed by atoms with van der Waals surface area (Å²) < 4.78 is 0. The second kappa shape index (κ2) is 6.21. The molecule has 0 radical (unpaired) electrons. The molecule has 2 aromatic carbocycles. The van der Waals surface area contributed by atoms with Crippen molar-refractivity contribution in [2.45, 2.75) is 6.54 Å². The summed E-state index contributed by atoms with van der Waals surface area (Å²) in [7, 11) is -1.41. The number of benzene rings is 2. The third-order valence-electron chi connectivity index (χ3n) is 2.58. The maximum atomic E-state index is 8.97. The molecule has 0 saturated carbocycles. The molecule has 5 heteroatoms. The molecule has 0 bridgehead atoms. The number of nitrogens with one attached hydrogen (secondary N) is 2. The molecule has 0 aliphatic carbocycles. The Morgan fingerprint density at radius 1 is 0.889 bits per heavy atom. The van der Waals surface area contributed by atoms with E-state index in [9.17, 15) is 0 Å². The number of hydrogen-bond donors (Lipinski definition) is 4. The van der Waals surface area contributed by atoms with Crippen LogP contribution in [0.2, 0.25) is 0 Å². The number of rotatable bonds is 5. The lowest BCUT2D eigenvalue weighted by Gasteiger charge is -2.08. The molecule has 0 spiro atoms. The Kier molecular flexibility index (Phi) is 4.36. The summed E-state index contributed by atoms with van der Waals surface area (Å²) in [6.45, 7) is 0.650. The van der Waals surface area contributed by atoms with E-state index in [-0.39, 0.29) is 0 Å². The molecule has 0 unspecified atom stereocenters. The number of para-hydroxylation sites is 1. The molecule has 4 N–H and O–H groups in total. The Labute approximate surface area is 106 Å². The van der Waals surface area contributed by atoms with Crippen molar-refractivity contribution in [3.05, 3.63) is 60.2 Å². The van der Waals surface area contributed by atoms with Gasteiger partial charge in [0.05, 0.1) is 0 Å². The van der Waals surface area contributed by atoms with E-state index in [1.54, 1.807) is 12.1 Å². The molecule has 0 saturated heterocycles. The van der Waals surface area contributed by atoms with E-state index in [0.29, 0.717) is 12.0 Å². The number of anilines is 1. The molecule has 0 amide bonds. The quantitative estimate of drug-likeness (QED) is 0.455. The van der Waals surface area contributed by atoms with Crippen molar-refractivity contribution in [2.75, 3.05) is 5.43 Å². The highest BCUT2D eigenvalue weighted by molar-refractivity contribution is 6.58. The smallest absolute Gasteiger partial charge is 0.423 e. The van der Waals surface area contributed by atoms with Gasteiger partial charge in [-0.2, -0.15) is 0 Å². The monoisotopic (exact) mass is 242 g/mol. The normalized spacial score (nSPS) is 10.1. The van der Waals surface area contributed by atoms with Crippen molar-refractivity contribution in [3.63, 3.8) is 0 Å². The first-order valence-corrected chi connectivity index (χ1v) is 5.74. The van der Waals surface area contributed by atoms with Gasteiger partial charge < -0.3 is 15.5 Å². The highest BCUT2D eigenvalue weighted by Gasteiger charge is 2.09. The van der Waals surface area contributed by atoms with Gasteiger partial charge in [-0.1, -0.05) is 42.5 Å². The van der Waals surface area contributed by atoms with Gasteiger partial charge in [-0.05, 0) is 23.2 Å². The minimum absolute atomic E-state index is 0.495. The molecular formula is C13H15BN2O2. The third kappa shape index (κ3) is 3.60. The zero-order chi connectivity index (χ0) is 12.8. The molecule has 0 fully saturated rings. The van der Waals surface area contributed by atoms with Crippen LogP contribution in [0.1, 0.15) is 5.56 Å². The van der Waals surface area contributed by atoms with Crippen molar-refractivity contribution in [1.29, 1.82) is 0 Å². The molecule has 18 heavy (non-hydrogen) atoms. The molecule has 0 aliphatic rings. The summed E-state index contributed by atoms with van der Waals surface area (Å²) in [5.74, 6) is 0. The van der Waals surface area contributed by atoms with Gasteiger partial charge in [0.2, 0.25) is 0 Å². The lowest BCUT2D eigenvalue weighted by Crippen LogP contribution is -2.29. The first kappa shape index (κ1) is 12.6. The molecule has 2 aromatic rings. The molecule has 0 aliphatic heterocycles. The summed E-state index contributed by atoms with van der Waals surface area (Å²) in [4.78, 5) is 0. The highest BCUT2D eigenvalue weighted by atomic mass is 16.4. The Morgan fingerprint density at radius 3 is 2.17 bits per heavy atom. The molecule has 0 atom stereocenters. The molecule has 0 aromatic heterocycles. The minimum Gasteiger partial charge on any atom is -0.423 e. The summed E-state index contributed by atoms with van der Waals surface area (Å²) in [5.41, 5.74) is 8.73. The Hall–Kier alpha value is -1.82. The number of hydrazine groups is 1. The van der Waals surface area contributed by atoms with Gasteiger partial charge >= 0.3 is 7.12 Å². The Morgan fingerprint density at radius 2 is 1.56 bits per heavy atom. The number of hydrogen-bond acceptors (Lipinski definition) is 4. The van der Waals surface area contributed by atoms with Crippen LogP contribution in [0.4, 0.5) is 5.69 Å². The predicted molar refractivity (Wildman–Crippen MR) is 73.2 cm³/mol. The van der Waals surface area contributed by atoms with Crippen LogP contribution >= 0.6 is 0 Å². The summed E-state index contributed by atoms with van der Waals surface area (Å²) >= 11 is 0. The van der Waals surface area contributed by atoms with Gasteiger partial charge in [0.25, 0.3) is 0 Å². The van der Waals surface area contributed by atoms with E-state index in [0.717, 1.165) is 11.3 Å². The molecule has 0 heterocycles. The fourth-order valence-electron chi connectivity index (χ4n) is 1.58. The zero-order valence-corrected chi connectivity index (χ0v) is 9.88. The third-order valence-corrected chi connectivity index (χ3v) is 2.58. The van der Waals surface area contributed by atoms with Gasteiger partial charge in [-0.25, -0.2) is 5.43 Å². The maximum Gasteiger partial charge on any atom is 0.488 e. The first-order valence-electron chi connectivity index (χ1n) is 5.74. The van der Waals surface area contributed by atoms with Crippen LogP contribution in [0.5, 0.6) is 0 Å². The predicted octanol–water partition coefficient (Wildman–Crippen LogP) is 0.483. The standard InChI is InChI=1S/C13H15BN2O2/c17-14(18)12-8-6-11(7-9-12)10-15-16-13-4-2-1-3-5-13/h1-9,15-18H,10H2. The van der Waals surface area contributed by atoms with E-state index in [2.05, 4.69) is 10.9 Å². The van der Waals surface area contributed by atoms with E-state index in [4.69, 9.17) is 10.0 Å². The lowest BCUT2D eigenvalue weighted by molar-refractivity contribution is 0.426. The topological polar surface area (TPSA) is 64.5 Å². The Balaban J connectivity index is 1.83. The largest absolute Gasteiger partial charge is 0.488 e. The van der Waals surface area contributed by atoms with Crippen molar-refractivity contribution < 1.29 is 10.0 Å². The van der Waals surface area contributed by atoms with Crippen molar-refractivity contribution in [2.24, 2.45) is 0 Å². The second-order valence-electron chi connectivity index (χ2n) is 3.96. The van der Waals surface area contributed by atoms with Crippen LogP contribution in [0.15, 0.2) is 54.6 Å². The van der Waals surface area contributed by atoms with Crippen LogP contribution in [0, 0.1) is 0 Å². The highest BCUT2D eigenvalue weighted by Crippen LogP contribution is 2.03. The van der Waals surface area contributed by atoms with Crippen LogP contribution in [0.25, 0.3) is 0 Å². The van der Waals surface area contributed by atoms with Gasteiger partial charge in [-0.15, -0.1) is 0 Å².